The molecule has 1 aliphatic carbocycles. The Hall–Kier alpha value is -9.53. The van der Waals surface area contributed by atoms with E-state index in [1.54, 1.807) is 0 Å². The summed E-state index contributed by atoms with van der Waals surface area (Å²) in [5.41, 5.74) is 13.9. The first-order chi connectivity index (χ1) is 35.2. The van der Waals surface area contributed by atoms with Crippen LogP contribution >= 0.6 is 0 Å². The number of para-hydroxylation sites is 6. The lowest BCUT2D eigenvalue weighted by atomic mass is 9.61. The molecule has 0 saturated heterocycles. The second-order valence-corrected chi connectivity index (χ2v) is 18.2. The summed E-state index contributed by atoms with van der Waals surface area (Å²) in [4.78, 5) is 28.1. The molecule has 332 valence electrons. The third kappa shape index (κ3) is 5.36. The average Bonchev–Trinajstić information content (AvgIpc) is 3.73. The predicted octanol–water partition coefficient (Wildman–Crippen LogP) is 14.4. The van der Waals surface area contributed by atoms with E-state index in [0.29, 0.717) is 29.0 Å². The minimum absolute atomic E-state index is 0.494. The molecule has 0 bridgehead atoms. The molecule has 0 unspecified atom stereocenters. The van der Waals surface area contributed by atoms with Crippen molar-refractivity contribution in [2.45, 2.75) is 10.8 Å². The zero-order valence-electron chi connectivity index (χ0n) is 37.9. The molecule has 4 aliphatic rings. The first-order valence-electron chi connectivity index (χ1n) is 23.8. The van der Waals surface area contributed by atoms with Crippen molar-refractivity contribution >= 4 is 17.1 Å². The van der Waals surface area contributed by atoms with Gasteiger partial charge in [0.1, 0.15) is 17.2 Å². The summed E-state index contributed by atoms with van der Waals surface area (Å²) in [6.45, 7) is 0. The fraction of sp³-hybridized carbons (Fsp3) is 0.0317. The zero-order valence-corrected chi connectivity index (χ0v) is 37.9. The van der Waals surface area contributed by atoms with Gasteiger partial charge in [-0.2, -0.15) is 0 Å². The summed E-state index contributed by atoms with van der Waals surface area (Å²) >= 11 is 0. The highest BCUT2D eigenvalue weighted by Gasteiger charge is 2.55. The van der Waals surface area contributed by atoms with Gasteiger partial charge in [-0.25, -0.2) is 15.0 Å². The van der Waals surface area contributed by atoms with Crippen LogP contribution in [0.5, 0.6) is 23.0 Å². The van der Waals surface area contributed by atoms with Crippen LogP contribution < -0.4 is 14.4 Å². The van der Waals surface area contributed by atoms with Gasteiger partial charge in [-0.05, 0) is 70.8 Å². The van der Waals surface area contributed by atoms with Crippen molar-refractivity contribution in [2.75, 3.05) is 4.90 Å². The molecular formula is C63H38N6O2. The number of hydrogen-bond acceptors (Lipinski definition) is 8. The van der Waals surface area contributed by atoms with Crippen LogP contribution in [-0.2, 0) is 10.8 Å². The van der Waals surface area contributed by atoms with Crippen molar-refractivity contribution in [2.24, 2.45) is 0 Å². The molecule has 8 nitrogen and oxygen atoms in total. The molecular weight excluding hydrogens is 873 g/mol. The third-order valence-electron chi connectivity index (χ3n) is 14.8. The van der Waals surface area contributed by atoms with Gasteiger partial charge in [0.2, 0.25) is 0 Å². The molecule has 0 radical (unpaired) electrons. The second kappa shape index (κ2) is 15.0. The van der Waals surface area contributed by atoms with Gasteiger partial charge in [0.25, 0.3) is 0 Å². The number of fused-ring (bicyclic) bond motifs is 17. The summed E-state index contributed by atoms with van der Waals surface area (Å²) in [5.74, 6) is 4.64. The fourth-order valence-electron chi connectivity index (χ4n) is 12.0. The Morgan fingerprint density at radius 3 is 1.31 bits per heavy atom. The molecule has 0 fully saturated rings. The highest BCUT2D eigenvalue weighted by molar-refractivity contribution is 5.95. The van der Waals surface area contributed by atoms with Crippen molar-refractivity contribution in [3.05, 3.63) is 275 Å². The fourth-order valence-corrected chi connectivity index (χ4v) is 12.0. The van der Waals surface area contributed by atoms with E-state index in [4.69, 9.17) is 34.4 Å². The van der Waals surface area contributed by atoms with Crippen molar-refractivity contribution in [1.29, 1.82) is 0 Å². The van der Waals surface area contributed by atoms with Crippen LogP contribution in [0.25, 0.3) is 45.6 Å². The molecule has 8 aromatic carbocycles. The summed E-state index contributed by atoms with van der Waals surface area (Å²) in [7, 11) is 0. The van der Waals surface area contributed by atoms with E-state index < -0.39 is 10.8 Å². The number of hydrogen-bond donors (Lipinski definition) is 0. The quantitative estimate of drug-likeness (QED) is 0.173. The van der Waals surface area contributed by atoms with Crippen molar-refractivity contribution in [1.82, 2.24) is 24.9 Å². The van der Waals surface area contributed by atoms with Crippen molar-refractivity contribution in [3.63, 3.8) is 0 Å². The number of aromatic nitrogens is 5. The average molecular weight is 911 g/mol. The third-order valence-corrected chi connectivity index (χ3v) is 14.8. The smallest absolute Gasteiger partial charge is 0.167 e. The number of benzene rings is 8. The molecule has 8 heteroatoms. The van der Waals surface area contributed by atoms with Crippen LogP contribution in [0.3, 0.4) is 0 Å². The minimum atomic E-state index is -0.908. The van der Waals surface area contributed by atoms with E-state index >= 15 is 0 Å². The normalized spacial score (nSPS) is 14.3. The maximum atomic E-state index is 7.73. The van der Waals surface area contributed by atoms with Gasteiger partial charge in [0.15, 0.2) is 23.2 Å². The van der Waals surface area contributed by atoms with Gasteiger partial charge < -0.3 is 14.4 Å². The molecule has 15 rings (SSSR count). The van der Waals surface area contributed by atoms with Gasteiger partial charge in [0, 0.05) is 45.8 Å². The summed E-state index contributed by atoms with van der Waals surface area (Å²) < 4.78 is 14.5. The molecule has 0 atom stereocenters. The molecule has 6 heterocycles. The summed E-state index contributed by atoms with van der Waals surface area (Å²) in [6.07, 6.45) is 3.71. The second-order valence-electron chi connectivity index (χ2n) is 18.2. The first kappa shape index (κ1) is 39.5. The maximum Gasteiger partial charge on any atom is 0.167 e. The zero-order chi connectivity index (χ0) is 46.7. The van der Waals surface area contributed by atoms with Crippen LogP contribution in [0, 0.1) is 0 Å². The van der Waals surface area contributed by atoms with Crippen LogP contribution in [0.4, 0.5) is 17.1 Å². The number of anilines is 3. The maximum absolute atomic E-state index is 7.73. The topological polar surface area (TPSA) is 86.2 Å². The molecule has 3 aromatic heterocycles. The molecule has 0 saturated carbocycles. The minimum Gasteiger partial charge on any atom is -0.457 e. The summed E-state index contributed by atoms with van der Waals surface area (Å²) in [5, 5.41) is 0. The van der Waals surface area contributed by atoms with Crippen molar-refractivity contribution in [3.8, 4) is 68.5 Å². The number of ether oxygens (including phenoxy) is 2. The van der Waals surface area contributed by atoms with Crippen molar-refractivity contribution < 1.29 is 9.47 Å². The largest absolute Gasteiger partial charge is 0.457 e. The standard InChI is InChI=1S/C63H38N6O2/c1-3-19-39(20-4-1)59-66-60(40-21-5-2-6-22-40)68-61(67-59)41-23-15-28-48-57(41)71-58-49(63(48)46-30-17-37-64-55(46)56-47(63)31-18-38-65-56)29-16-34-52(58)69-50-32-11-7-24-42(50)62(43-25-8-12-33-51(43)69)44-26-9-13-35-53(44)70-54-36-14-10-27-45(54)62/h1-38H. The van der Waals surface area contributed by atoms with Crippen LogP contribution in [0.1, 0.15) is 44.5 Å². The lowest BCUT2D eigenvalue weighted by molar-refractivity contribution is 0.433. The Bertz CT molecular complexity index is 3790. The Kier molecular flexibility index (Phi) is 8.33. The number of nitrogens with zero attached hydrogens (tertiary/aromatic N) is 6. The highest BCUT2D eigenvalue weighted by Crippen LogP contribution is 2.67. The molecule has 0 amide bonds. The molecule has 11 aromatic rings. The van der Waals surface area contributed by atoms with Gasteiger partial charge in [-0.15, -0.1) is 0 Å². The van der Waals surface area contributed by atoms with Gasteiger partial charge in [-0.1, -0.05) is 170 Å². The predicted molar refractivity (Wildman–Crippen MR) is 276 cm³/mol. The Labute approximate surface area is 409 Å². The van der Waals surface area contributed by atoms with E-state index in [9.17, 15) is 0 Å². The van der Waals surface area contributed by atoms with E-state index in [2.05, 4.69) is 150 Å². The lowest BCUT2D eigenvalue weighted by Crippen LogP contribution is -2.40. The van der Waals surface area contributed by atoms with Gasteiger partial charge in [0.05, 0.1) is 44.8 Å². The van der Waals surface area contributed by atoms with Crippen LogP contribution in [-0.4, -0.2) is 24.9 Å². The molecule has 2 spiro atoms. The van der Waals surface area contributed by atoms with E-state index in [-0.39, 0.29) is 0 Å². The highest BCUT2D eigenvalue weighted by atomic mass is 16.5. The SMILES string of the molecule is c1ccc(-c2nc(-c3ccccc3)nc(-c3cccc4c3Oc3c(N5c6ccccc6C6(c7ccccc7Oc7ccccc76)c6ccccc65)cccc3C43c4cccnc4-c4ncccc43)n2)cc1. The molecule has 0 N–H and O–H groups in total. The van der Waals surface area contributed by atoms with E-state index in [1.807, 2.05) is 85.2 Å². The van der Waals surface area contributed by atoms with Gasteiger partial charge >= 0.3 is 0 Å². The lowest BCUT2D eigenvalue weighted by Gasteiger charge is -2.49. The Morgan fingerprint density at radius 1 is 0.310 bits per heavy atom. The number of pyridine rings is 2. The number of rotatable bonds is 4. The van der Waals surface area contributed by atoms with E-state index in [1.165, 1.54) is 0 Å². The Morgan fingerprint density at radius 2 is 0.732 bits per heavy atom. The van der Waals surface area contributed by atoms with Crippen LogP contribution in [0.2, 0.25) is 0 Å². The van der Waals surface area contributed by atoms with Crippen LogP contribution in [0.15, 0.2) is 231 Å². The first-order valence-corrected chi connectivity index (χ1v) is 23.8. The van der Waals surface area contributed by atoms with E-state index in [0.717, 1.165) is 101 Å². The summed E-state index contributed by atoms with van der Waals surface area (Å²) in [6, 6.07) is 76.0. The Balaban J connectivity index is 1.03. The molecule has 3 aliphatic heterocycles. The monoisotopic (exact) mass is 910 g/mol. The van der Waals surface area contributed by atoms with Gasteiger partial charge in [-0.3, -0.25) is 9.97 Å². The molecule has 71 heavy (non-hydrogen) atoms.